The zero-order valence-corrected chi connectivity index (χ0v) is 38.0. The molecule has 2 aromatic heterocycles. The number of carbonyl (C=O) groups excluding carboxylic acids is 3. The van der Waals surface area contributed by atoms with Gasteiger partial charge in [-0.15, -0.1) is 12.8 Å². The molecule has 0 bridgehead atoms. The number of hydrogen-bond donors (Lipinski definition) is 4. The Hall–Kier alpha value is -6.55. The number of ketones is 2. The molecule has 4 heterocycles. The van der Waals surface area contributed by atoms with Crippen LogP contribution in [0.5, 0.6) is 11.8 Å². The van der Waals surface area contributed by atoms with Crippen molar-refractivity contribution in [2.75, 3.05) is 26.3 Å². The number of fused-ring (bicyclic) bond motifs is 2. The number of thioether (sulfide) groups is 2. The first kappa shape index (κ1) is 48.4. The van der Waals surface area contributed by atoms with Crippen molar-refractivity contribution in [3.05, 3.63) is 106 Å². The Kier molecular flexibility index (Phi) is 13.7. The third-order valence-corrected chi connectivity index (χ3v) is 14.7. The van der Waals surface area contributed by atoms with Crippen molar-refractivity contribution in [3.63, 3.8) is 0 Å². The molecule has 2 aliphatic heterocycles. The molecule has 0 saturated heterocycles. The van der Waals surface area contributed by atoms with E-state index in [1.54, 1.807) is 13.8 Å². The van der Waals surface area contributed by atoms with Crippen molar-refractivity contribution < 1.29 is 41.4 Å². The number of halogens is 4. The van der Waals surface area contributed by atoms with E-state index in [2.05, 4.69) is 47.1 Å². The van der Waals surface area contributed by atoms with Crippen LogP contribution in [0.4, 0.5) is 17.6 Å². The lowest BCUT2D eigenvalue weighted by Gasteiger charge is -2.34. The maximum Gasteiger partial charge on any atom is 0.233 e. The third kappa shape index (κ3) is 9.95. The van der Waals surface area contributed by atoms with Gasteiger partial charge in [0.05, 0.1) is 35.9 Å². The molecule has 21 heteroatoms. The molecule has 6 atom stereocenters. The molecule has 15 nitrogen and oxygen atoms in total. The van der Waals surface area contributed by atoms with Crippen LogP contribution in [0.15, 0.2) is 59.0 Å². The van der Waals surface area contributed by atoms with E-state index in [1.165, 1.54) is 67.4 Å². The van der Waals surface area contributed by atoms with Crippen LogP contribution in [-0.4, -0.2) is 83.5 Å². The lowest BCUT2D eigenvalue weighted by atomic mass is 9.84. The van der Waals surface area contributed by atoms with Gasteiger partial charge in [-0.05, 0) is 62.1 Å². The summed E-state index contributed by atoms with van der Waals surface area (Å²) in [6.07, 6.45) is 16.2. The van der Waals surface area contributed by atoms with Gasteiger partial charge in [-0.3, -0.25) is 24.4 Å². The number of terminal acetylenes is 2. The molecule has 0 unspecified atom stereocenters. The number of amidine groups is 2. The van der Waals surface area contributed by atoms with Crippen molar-refractivity contribution >= 4 is 51.3 Å². The first-order valence-electron chi connectivity index (χ1n) is 20.6. The van der Waals surface area contributed by atoms with Crippen molar-refractivity contribution in [3.8, 4) is 36.4 Å². The SMILES string of the molecule is C#CCOc1cnc(C(=O)Cc2cc(F)c(F)c([C@@]3(C)N=C(N)S[C@@]4(CN)C[C@H]43)c2)cn1.C#CCOc1cnc(C(=O)Cc2cc(F)c(F)c([C@@]3(C)N=C(N)S[C@@]4(CNC(C)=O)C[C@H]43)c2)cn1. The topological polar surface area (TPSA) is 236 Å². The molecule has 0 radical (unpaired) electrons. The fourth-order valence-corrected chi connectivity index (χ4v) is 11.4. The van der Waals surface area contributed by atoms with E-state index in [0.29, 0.717) is 31.5 Å². The first-order chi connectivity index (χ1) is 31.8. The summed E-state index contributed by atoms with van der Waals surface area (Å²) in [6.45, 7) is 5.57. The van der Waals surface area contributed by atoms with Crippen LogP contribution in [-0.2, 0) is 28.7 Å². The summed E-state index contributed by atoms with van der Waals surface area (Å²) in [5.74, 6) is -0.538. The number of nitrogens with zero attached hydrogens (tertiary/aromatic N) is 6. The van der Waals surface area contributed by atoms with Gasteiger partial charge >= 0.3 is 0 Å². The van der Waals surface area contributed by atoms with Crippen molar-refractivity contribution in [1.29, 1.82) is 0 Å². The van der Waals surface area contributed by atoms with Gasteiger partial charge in [-0.25, -0.2) is 37.5 Å². The highest BCUT2D eigenvalue weighted by Gasteiger charge is 2.67. The van der Waals surface area contributed by atoms with Crippen LogP contribution >= 0.6 is 23.5 Å². The Morgan fingerprint density at radius 1 is 0.731 bits per heavy atom. The normalized spacial score (nSPS) is 25.2. The Bertz CT molecular complexity index is 2790. The number of aliphatic imine (C=N–C) groups is 2. The molecule has 4 aliphatic rings. The highest BCUT2D eigenvalue weighted by molar-refractivity contribution is 8.15. The molecule has 4 aromatic rings. The van der Waals surface area contributed by atoms with Crippen molar-refractivity contribution in [1.82, 2.24) is 25.3 Å². The number of hydrogen-bond acceptors (Lipinski definition) is 16. The maximum atomic E-state index is 15.1. The van der Waals surface area contributed by atoms with Gasteiger partial charge in [-0.2, -0.15) is 0 Å². The van der Waals surface area contributed by atoms with E-state index in [1.807, 2.05) is 0 Å². The zero-order valence-electron chi connectivity index (χ0n) is 36.4. The minimum absolute atomic E-state index is 0.0109. The van der Waals surface area contributed by atoms with Gasteiger partial charge in [0.2, 0.25) is 17.7 Å². The quantitative estimate of drug-likeness (QED) is 0.0728. The molecule has 7 N–H and O–H groups in total. The molecular formula is C46H44F4N10O5S2. The number of aromatic nitrogens is 4. The second-order valence-electron chi connectivity index (χ2n) is 16.7. The van der Waals surface area contributed by atoms with Gasteiger partial charge in [0.15, 0.2) is 58.4 Å². The molecule has 2 aliphatic carbocycles. The molecule has 1 amide bonds. The maximum absolute atomic E-state index is 15.1. The number of rotatable bonds is 15. The van der Waals surface area contributed by atoms with E-state index >= 15 is 4.39 Å². The largest absolute Gasteiger partial charge is 0.463 e. The van der Waals surface area contributed by atoms with Crippen molar-refractivity contribution in [2.45, 2.75) is 67.0 Å². The van der Waals surface area contributed by atoms with Gasteiger partial charge in [0.25, 0.3) is 0 Å². The van der Waals surface area contributed by atoms with E-state index in [4.69, 9.17) is 39.5 Å². The first-order valence-corrected chi connectivity index (χ1v) is 22.3. The molecule has 2 fully saturated rings. The predicted octanol–water partition coefficient (Wildman–Crippen LogP) is 4.55. The van der Waals surface area contributed by atoms with Gasteiger partial charge < -0.3 is 32.0 Å². The van der Waals surface area contributed by atoms with Crippen LogP contribution in [0.1, 0.15) is 76.8 Å². The Labute approximate surface area is 391 Å². The van der Waals surface area contributed by atoms with Gasteiger partial charge in [-0.1, -0.05) is 35.4 Å². The second-order valence-corrected chi connectivity index (χ2v) is 19.6. The minimum Gasteiger partial charge on any atom is -0.463 e. The van der Waals surface area contributed by atoms with Crippen LogP contribution in [0.2, 0.25) is 0 Å². The standard InChI is InChI=1S/C24H23F2N5O3S.C22H21F2N5O2S/c1-4-5-34-20-11-28-17(10-29-20)18(33)8-14-6-15(21(26)16(25)7-14)23(3)19-9-24(19,12-30-13(2)32)35-22(27)31-23;1-3-4-31-18-10-27-15(9-28-18)16(30)7-12-5-13(19(24)14(23)6-12)21(2)17-8-22(17,11-25)32-20(26)29-21/h1,6-7,10-11,19H,5,8-9,12H2,2-3H3,(H2,27,31)(H,30,32);1,5-6,9-10,17H,4,7-8,11,25H2,2H3,(H2,26,29)/t19-,23+,24+;17-,21+,22+/m00/s1. The Morgan fingerprint density at radius 3 is 1.57 bits per heavy atom. The summed E-state index contributed by atoms with van der Waals surface area (Å²) in [4.78, 5) is 61.8. The highest BCUT2D eigenvalue weighted by Crippen LogP contribution is 2.66. The van der Waals surface area contributed by atoms with E-state index < -0.39 is 50.7 Å². The number of ether oxygens (including phenoxy) is 2. The summed E-state index contributed by atoms with van der Waals surface area (Å²) in [7, 11) is 0. The zero-order chi connectivity index (χ0) is 48.5. The number of nitrogens with one attached hydrogen (secondary N) is 1. The molecule has 0 spiro atoms. The molecule has 2 saturated carbocycles. The monoisotopic (exact) mass is 956 g/mol. The van der Waals surface area contributed by atoms with Crippen LogP contribution in [0.3, 0.4) is 0 Å². The van der Waals surface area contributed by atoms with Gasteiger partial charge in [0.1, 0.15) is 11.4 Å². The molecular weight excluding hydrogens is 913 g/mol. The fraction of sp³-hybridized carbons (Fsp3) is 0.370. The Balaban J connectivity index is 0.000000200. The van der Waals surface area contributed by atoms with Crippen LogP contribution < -0.4 is 32.0 Å². The molecule has 8 rings (SSSR count). The smallest absolute Gasteiger partial charge is 0.233 e. The number of carbonyl (C=O) groups is 3. The molecule has 67 heavy (non-hydrogen) atoms. The van der Waals surface area contributed by atoms with Crippen LogP contribution in [0, 0.1) is 59.8 Å². The van der Waals surface area contributed by atoms with E-state index in [0.717, 1.165) is 12.1 Å². The van der Waals surface area contributed by atoms with E-state index in [-0.39, 0.29) is 98.7 Å². The highest BCUT2D eigenvalue weighted by atomic mass is 32.2. The summed E-state index contributed by atoms with van der Waals surface area (Å²) >= 11 is 2.72. The average Bonchev–Trinajstić information content (AvgIpc) is 4.22. The van der Waals surface area contributed by atoms with Crippen molar-refractivity contribution in [2.24, 2.45) is 39.0 Å². The molecule has 348 valence electrons. The van der Waals surface area contributed by atoms with E-state index in [9.17, 15) is 27.6 Å². The summed E-state index contributed by atoms with van der Waals surface area (Å²) in [6, 6.07) is 4.91. The lowest BCUT2D eigenvalue weighted by Crippen LogP contribution is -2.41. The Morgan fingerprint density at radius 2 is 1.16 bits per heavy atom. The van der Waals surface area contributed by atoms with Gasteiger partial charge in [0, 0.05) is 65.3 Å². The number of benzene rings is 2. The predicted molar refractivity (Wildman–Crippen MR) is 244 cm³/mol. The summed E-state index contributed by atoms with van der Waals surface area (Å²) in [5.41, 5.74) is 16.5. The fourth-order valence-electron chi connectivity index (χ4n) is 8.65. The third-order valence-electron chi connectivity index (χ3n) is 12.1. The number of Topliss-reactive ketones (excluding diaryl/α,β-unsaturated/α-hetero) is 2. The summed E-state index contributed by atoms with van der Waals surface area (Å²) < 4.78 is 68.7. The average molecular weight is 957 g/mol. The molecule has 2 aromatic carbocycles. The summed E-state index contributed by atoms with van der Waals surface area (Å²) in [5, 5.41) is 3.31. The van der Waals surface area contributed by atoms with Crippen LogP contribution in [0.25, 0.3) is 0 Å². The minimum atomic E-state index is -1.16. The lowest BCUT2D eigenvalue weighted by molar-refractivity contribution is -0.119. The number of amides is 1. The number of nitrogens with two attached hydrogens (primary N) is 3. The second kappa shape index (κ2) is 19.0.